The quantitative estimate of drug-likeness (QED) is 0.616. The Labute approximate surface area is 176 Å². The number of nitrogens with zero attached hydrogens (tertiary/aromatic N) is 5. The summed E-state index contributed by atoms with van der Waals surface area (Å²) in [6.45, 7) is 4.12. The number of pyridine rings is 1. The maximum atomic E-state index is 15.5. The third-order valence-electron chi connectivity index (χ3n) is 6.71. The van der Waals surface area contributed by atoms with Crippen molar-refractivity contribution in [2.75, 3.05) is 11.9 Å². The van der Waals surface area contributed by atoms with Gasteiger partial charge in [-0.25, -0.2) is 9.37 Å². The van der Waals surface area contributed by atoms with E-state index in [9.17, 15) is 5.11 Å². The van der Waals surface area contributed by atoms with Gasteiger partial charge in [0.2, 0.25) is 0 Å². The molecule has 0 aliphatic heterocycles. The SMILES string of the molecule is CC[C@@]1(C)CCCC[C@@H](N(C)c2cnc(-c3cc4ccncc4cc3O)nn2)[C@@H]1F. The molecule has 0 amide bonds. The van der Waals surface area contributed by atoms with Crippen LogP contribution in [0.25, 0.3) is 22.2 Å². The standard InChI is InChI=1S/C23H28FN5O/c1-4-23(2)9-6-5-7-18(21(23)24)29(3)20-14-26-22(28-27-20)17-11-15-8-10-25-13-16(15)12-19(17)30/h8,10-14,18,21,30H,4-7,9H2,1-3H3/t18-,21+,23+/m1/s1. The minimum atomic E-state index is -0.936. The Balaban J connectivity index is 1.61. The van der Waals surface area contributed by atoms with E-state index in [0.29, 0.717) is 17.2 Å². The van der Waals surface area contributed by atoms with E-state index in [1.54, 1.807) is 24.7 Å². The number of alkyl halides is 1. The smallest absolute Gasteiger partial charge is 0.185 e. The predicted molar refractivity (Wildman–Crippen MR) is 116 cm³/mol. The Morgan fingerprint density at radius 1 is 1.20 bits per heavy atom. The lowest BCUT2D eigenvalue weighted by atomic mass is 9.77. The van der Waals surface area contributed by atoms with E-state index in [1.165, 1.54) is 0 Å². The van der Waals surface area contributed by atoms with E-state index >= 15 is 4.39 Å². The number of aromatic nitrogens is 4. The monoisotopic (exact) mass is 409 g/mol. The first-order chi connectivity index (χ1) is 14.4. The van der Waals surface area contributed by atoms with Crippen molar-refractivity contribution in [3.05, 3.63) is 36.8 Å². The highest BCUT2D eigenvalue weighted by Gasteiger charge is 2.41. The van der Waals surface area contributed by atoms with Crippen molar-refractivity contribution in [2.45, 2.75) is 58.2 Å². The Kier molecular flexibility index (Phi) is 5.54. The molecule has 158 valence electrons. The van der Waals surface area contributed by atoms with Crippen LogP contribution in [-0.4, -0.2) is 44.5 Å². The summed E-state index contributed by atoms with van der Waals surface area (Å²) < 4.78 is 15.5. The highest BCUT2D eigenvalue weighted by molar-refractivity contribution is 5.88. The van der Waals surface area contributed by atoms with Crippen LogP contribution >= 0.6 is 0 Å². The van der Waals surface area contributed by atoms with Crippen LogP contribution in [0.1, 0.15) is 46.0 Å². The molecule has 0 spiro atoms. The number of halogens is 1. The average molecular weight is 410 g/mol. The van der Waals surface area contributed by atoms with Crippen LogP contribution in [0.5, 0.6) is 5.75 Å². The topological polar surface area (TPSA) is 75.0 Å². The van der Waals surface area contributed by atoms with Gasteiger partial charge in [0.1, 0.15) is 11.9 Å². The largest absolute Gasteiger partial charge is 0.507 e. The average Bonchev–Trinajstić information content (AvgIpc) is 2.92. The van der Waals surface area contributed by atoms with Crippen molar-refractivity contribution in [3.63, 3.8) is 0 Å². The fraction of sp³-hybridized carbons (Fsp3) is 0.478. The normalized spacial score (nSPS) is 24.5. The van der Waals surface area contributed by atoms with E-state index in [-0.39, 0.29) is 17.2 Å². The second-order valence-corrected chi connectivity index (χ2v) is 8.57. The molecule has 7 heteroatoms. The summed E-state index contributed by atoms with van der Waals surface area (Å²) in [7, 11) is 1.87. The minimum Gasteiger partial charge on any atom is -0.507 e. The molecule has 0 radical (unpaired) electrons. The molecule has 1 aliphatic rings. The third-order valence-corrected chi connectivity index (χ3v) is 6.71. The lowest BCUT2D eigenvalue weighted by molar-refractivity contribution is 0.0925. The van der Waals surface area contributed by atoms with Crippen molar-refractivity contribution >= 4 is 16.6 Å². The van der Waals surface area contributed by atoms with Gasteiger partial charge in [-0.3, -0.25) is 4.98 Å². The number of hydrogen-bond donors (Lipinski definition) is 1. The van der Waals surface area contributed by atoms with E-state index in [4.69, 9.17) is 0 Å². The maximum Gasteiger partial charge on any atom is 0.185 e. The Hall–Kier alpha value is -2.83. The molecule has 3 atom stereocenters. The number of fused-ring (bicyclic) bond motifs is 1. The van der Waals surface area contributed by atoms with Crippen molar-refractivity contribution in [3.8, 4) is 17.1 Å². The van der Waals surface area contributed by atoms with E-state index in [1.807, 2.05) is 24.1 Å². The van der Waals surface area contributed by atoms with Gasteiger partial charge < -0.3 is 10.0 Å². The van der Waals surface area contributed by atoms with Crippen LogP contribution in [0.2, 0.25) is 0 Å². The molecule has 1 aromatic carbocycles. The first-order valence-electron chi connectivity index (χ1n) is 10.6. The lowest BCUT2D eigenvalue weighted by Crippen LogP contribution is -2.46. The molecule has 0 saturated heterocycles. The second kappa shape index (κ2) is 8.13. The highest BCUT2D eigenvalue weighted by atomic mass is 19.1. The zero-order valence-corrected chi connectivity index (χ0v) is 17.7. The molecule has 1 fully saturated rings. The number of rotatable bonds is 4. The predicted octanol–water partition coefficient (Wildman–Crippen LogP) is 4.93. The van der Waals surface area contributed by atoms with Crippen molar-refractivity contribution in [1.82, 2.24) is 20.2 Å². The molecule has 6 nitrogen and oxygen atoms in total. The first-order valence-corrected chi connectivity index (χ1v) is 10.6. The first kappa shape index (κ1) is 20.4. The molecule has 3 aromatic rings. The van der Waals surface area contributed by atoms with Crippen LogP contribution in [0, 0.1) is 5.41 Å². The molecular formula is C23H28FN5O. The number of phenols is 1. The van der Waals surface area contributed by atoms with Gasteiger partial charge in [-0.1, -0.05) is 26.7 Å². The molecule has 4 rings (SSSR count). The summed E-state index contributed by atoms with van der Waals surface area (Å²) in [5, 5.41) is 20.7. The van der Waals surface area contributed by atoms with E-state index in [0.717, 1.165) is 42.9 Å². The Morgan fingerprint density at radius 2 is 2.03 bits per heavy atom. The van der Waals surface area contributed by atoms with Crippen LogP contribution in [0.4, 0.5) is 10.2 Å². The van der Waals surface area contributed by atoms with Gasteiger partial charge >= 0.3 is 0 Å². The van der Waals surface area contributed by atoms with Crippen molar-refractivity contribution < 1.29 is 9.50 Å². The minimum absolute atomic E-state index is 0.0738. The second-order valence-electron chi connectivity index (χ2n) is 8.57. The van der Waals surface area contributed by atoms with Gasteiger partial charge in [0.25, 0.3) is 0 Å². The fourth-order valence-corrected chi connectivity index (χ4v) is 4.42. The van der Waals surface area contributed by atoms with Gasteiger partial charge in [-0.05, 0) is 42.8 Å². The zero-order chi connectivity index (χ0) is 21.3. The molecule has 1 aliphatic carbocycles. The van der Waals surface area contributed by atoms with Crippen LogP contribution in [-0.2, 0) is 0 Å². The van der Waals surface area contributed by atoms with E-state index < -0.39 is 6.17 Å². The summed E-state index contributed by atoms with van der Waals surface area (Å²) in [5.74, 6) is 0.945. The number of anilines is 1. The third kappa shape index (κ3) is 3.68. The molecule has 2 aromatic heterocycles. The van der Waals surface area contributed by atoms with Gasteiger partial charge in [-0.2, -0.15) is 0 Å². The number of phenolic OH excluding ortho intramolecular Hbond substituents is 1. The molecule has 0 bridgehead atoms. The molecule has 30 heavy (non-hydrogen) atoms. The Morgan fingerprint density at radius 3 is 2.77 bits per heavy atom. The fourth-order valence-electron chi connectivity index (χ4n) is 4.42. The summed E-state index contributed by atoms with van der Waals surface area (Å²) in [4.78, 5) is 10.4. The summed E-state index contributed by atoms with van der Waals surface area (Å²) in [5.41, 5.74) is 0.189. The Bertz CT molecular complexity index is 1030. The van der Waals surface area contributed by atoms with Crippen LogP contribution < -0.4 is 4.90 Å². The van der Waals surface area contributed by atoms with Crippen LogP contribution in [0.15, 0.2) is 36.8 Å². The molecule has 1 saturated carbocycles. The summed E-state index contributed by atoms with van der Waals surface area (Å²) in [6.07, 6.45) is 8.64. The maximum absolute atomic E-state index is 15.5. The van der Waals surface area contributed by atoms with Crippen molar-refractivity contribution in [2.24, 2.45) is 5.41 Å². The molecular weight excluding hydrogens is 381 g/mol. The zero-order valence-electron chi connectivity index (χ0n) is 17.7. The number of hydrogen-bond acceptors (Lipinski definition) is 6. The van der Waals surface area contributed by atoms with Crippen molar-refractivity contribution in [1.29, 1.82) is 0 Å². The van der Waals surface area contributed by atoms with Gasteiger partial charge in [0, 0.05) is 30.2 Å². The lowest BCUT2D eigenvalue weighted by Gasteiger charge is -2.38. The molecule has 1 N–H and O–H groups in total. The van der Waals surface area contributed by atoms with E-state index in [2.05, 4.69) is 34.0 Å². The van der Waals surface area contributed by atoms with Gasteiger partial charge in [0.05, 0.1) is 17.8 Å². The summed E-state index contributed by atoms with van der Waals surface area (Å²) in [6, 6.07) is 5.08. The molecule has 0 unspecified atom stereocenters. The number of aromatic hydroxyl groups is 1. The highest BCUT2D eigenvalue weighted by Crippen LogP contribution is 2.41. The molecule has 2 heterocycles. The van der Waals surface area contributed by atoms with Crippen LogP contribution in [0.3, 0.4) is 0 Å². The number of benzene rings is 1. The van der Waals surface area contributed by atoms with Gasteiger partial charge in [-0.15, -0.1) is 10.2 Å². The summed E-state index contributed by atoms with van der Waals surface area (Å²) >= 11 is 0. The van der Waals surface area contributed by atoms with Gasteiger partial charge in [0.15, 0.2) is 11.6 Å².